The molecular formula is C12H23N5O4. The van der Waals surface area contributed by atoms with E-state index in [0.29, 0.717) is 19.1 Å². The summed E-state index contributed by atoms with van der Waals surface area (Å²) in [5, 5.41) is 33.7. The van der Waals surface area contributed by atoms with Gasteiger partial charge in [-0.05, 0) is 13.3 Å². The topological polar surface area (TPSA) is 133 Å². The number of nitrogens with zero attached hydrogens (tertiary/aromatic N) is 3. The Kier molecular flexibility index (Phi) is 7.06. The lowest BCUT2D eigenvalue weighted by atomic mass is 10.0. The molecule has 0 aliphatic rings. The molecule has 0 radical (unpaired) electrons. The molecule has 0 bridgehead atoms. The normalized spacial score (nSPS) is 11.3. The SMILES string of the molecule is CCCNc1nc(NC(CO)(CO)CO)nc(OCC)n1. The van der Waals surface area contributed by atoms with E-state index in [1.807, 2.05) is 6.92 Å². The molecule has 1 heterocycles. The van der Waals surface area contributed by atoms with Crippen molar-refractivity contribution in [2.24, 2.45) is 0 Å². The van der Waals surface area contributed by atoms with Crippen LogP contribution < -0.4 is 15.4 Å². The van der Waals surface area contributed by atoms with Gasteiger partial charge in [0.05, 0.1) is 26.4 Å². The van der Waals surface area contributed by atoms with Crippen molar-refractivity contribution in [3.63, 3.8) is 0 Å². The van der Waals surface area contributed by atoms with E-state index >= 15 is 0 Å². The van der Waals surface area contributed by atoms with Gasteiger partial charge in [-0.1, -0.05) is 6.92 Å². The molecule has 120 valence electrons. The first-order valence-corrected chi connectivity index (χ1v) is 6.86. The Labute approximate surface area is 123 Å². The maximum Gasteiger partial charge on any atom is 0.323 e. The molecule has 0 saturated heterocycles. The van der Waals surface area contributed by atoms with Crippen LogP contribution in [0.15, 0.2) is 0 Å². The zero-order valence-corrected chi connectivity index (χ0v) is 12.3. The van der Waals surface area contributed by atoms with Crippen LogP contribution in [0.2, 0.25) is 0 Å². The highest BCUT2D eigenvalue weighted by Gasteiger charge is 2.29. The quantitative estimate of drug-likeness (QED) is 0.377. The summed E-state index contributed by atoms with van der Waals surface area (Å²) in [7, 11) is 0. The van der Waals surface area contributed by atoms with E-state index in [-0.39, 0.29) is 12.0 Å². The van der Waals surface area contributed by atoms with Gasteiger partial charge in [0.25, 0.3) is 0 Å². The third-order valence-corrected chi connectivity index (χ3v) is 2.71. The number of aliphatic hydroxyl groups excluding tert-OH is 3. The van der Waals surface area contributed by atoms with Gasteiger partial charge in [0.1, 0.15) is 5.54 Å². The van der Waals surface area contributed by atoms with E-state index in [1.165, 1.54) is 0 Å². The molecule has 0 spiro atoms. The number of ether oxygens (including phenoxy) is 1. The lowest BCUT2D eigenvalue weighted by Gasteiger charge is -2.28. The van der Waals surface area contributed by atoms with Gasteiger partial charge >= 0.3 is 6.01 Å². The highest BCUT2D eigenvalue weighted by atomic mass is 16.5. The minimum Gasteiger partial charge on any atom is -0.464 e. The molecule has 0 aromatic carbocycles. The summed E-state index contributed by atoms with van der Waals surface area (Å²) >= 11 is 0. The average molecular weight is 301 g/mol. The van der Waals surface area contributed by atoms with Gasteiger partial charge in [-0.3, -0.25) is 0 Å². The van der Waals surface area contributed by atoms with Gasteiger partial charge in [-0.25, -0.2) is 0 Å². The molecule has 1 rings (SSSR count). The Balaban J connectivity index is 3.00. The van der Waals surface area contributed by atoms with E-state index in [1.54, 1.807) is 6.92 Å². The Morgan fingerprint density at radius 3 is 2.14 bits per heavy atom. The Hall–Kier alpha value is -1.71. The van der Waals surface area contributed by atoms with Crippen LogP contribution in [0, 0.1) is 0 Å². The third kappa shape index (κ3) is 4.96. The fourth-order valence-electron chi connectivity index (χ4n) is 1.43. The summed E-state index contributed by atoms with van der Waals surface area (Å²) in [6.07, 6.45) is 0.895. The number of rotatable bonds is 10. The van der Waals surface area contributed by atoms with Crippen LogP contribution in [0.4, 0.5) is 11.9 Å². The highest BCUT2D eigenvalue weighted by molar-refractivity contribution is 5.38. The van der Waals surface area contributed by atoms with E-state index in [0.717, 1.165) is 6.42 Å². The summed E-state index contributed by atoms with van der Waals surface area (Å²) in [6.45, 7) is 3.44. The molecule has 5 N–H and O–H groups in total. The van der Waals surface area contributed by atoms with Gasteiger partial charge in [0.2, 0.25) is 11.9 Å². The minimum absolute atomic E-state index is 0.101. The first kappa shape index (κ1) is 17.3. The molecule has 1 aromatic rings. The first-order chi connectivity index (χ1) is 10.1. The summed E-state index contributed by atoms with van der Waals surface area (Å²) in [5.74, 6) is 0.421. The van der Waals surface area contributed by atoms with Gasteiger partial charge in [-0.2, -0.15) is 15.0 Å². The predicted octanol–water partition coefficient (Wildman–Crippen LogP) is -0.780. The standard InChI is InChI=1S/C12H23N5O4/c1-3-5-13-9-14-10(16-11(15-9)21-4-2)17-12(6-18,7-19)8-20/h18-20H,3-8H2,1-2H3,(H2,13,14,15,16,17). The van der Waals surface area contributed by atoms with E-state index in [4.69, 9.17) is 4.74 Å². The molecule has 0 aliphatic heterocycles. The Morgan fingerprint density at radius 1 is 1.00 bits per heavy atom. The van der Waals surface area contributed by atoms with Crippen molar-refractivity contribution in [1.29, 1.82) is 0 Å². The Morgan fingerprint density at radius 2 is 1.62 bits per heavy atom. The zero-order chi connectivity index (χ0) is 15.7. The van der Waals surface area contributed by atoms with Crippen molar-refractivity contribution in [1.82, 2.24) is 15.0 Å². The molecule has 9 heteroatoms. The molecule has 21 heavy (non-hydrogen) atoms. The molecule has 1 aromatic heterocycles. The zero-order valence-electron chi connectivity index (χ0n) is 12.3. The van der Waals surface area contributed by atoms with Crippen LogP contribution in [0.5, 0.6) is 6.01 Å². The van der Waals surface area contributed by atoms with Crippen LogP contribution >= 0.6 is 0 Å². The second-order valence-corrected chi connectivity index (χ2v) is 4.50. The van der Waals surface area contributed by atoms with Crippen molar-refractivity contribution in [2.75, 3.05) is 43.6 Å². The molecule has 0 unspecified atom stereocenters. The number of hydrogen-bond donors (Lipinski definition) is 5. The number of nitrogens with one attached hydrogen (secondary N) is 2. The lowest BCUT2D eigenvalue weighted by Crippen LogP contribution is -2.49. The van der Waals surface area contributed by atoms with E-state index in [2.05, 4.69) is 25.6 Å². The monoisotopic (exact) mass is 301 g/mol. The van der Waals surface area contributed by atoms with Crippen molar-refractivity contribution in [2.45, 2.75) is 25.8 Å². The molecule has 0 saturated carbocycles. The average Bonchev–Trinajstić information content (AvgIpc) is 2.51. The van der Waals surface area contributed by atoms with Crippen molar-refractivity contribution < 1.29 is 20.1 Å². The van der Waals surface area contributed by atoms with Crippen LogP contribution in [-0.2, 0) is 0 Å². The van der Waals surface area contributed by atoms with Gasteiger partial charge in [-0.15, -0.1) is 0 Å². The van der Waals surface area contributed by atoms with Crippen molar-refractivity contribution in [3.05, 3.63) is 0 Å². The summed E-state index contributed by atoms with van der Waals surface area (Å²) in [6, 6.07) is 0.122. The maximum absolute atomic E-state index is 9.32. The molecule has 0 amide bonds. The van der Waals surface area contributed by atoms with Gasteiger partial charge < -0.3 is 30.7 Å². The van der Waals surface area contributed by atoms with Crippen LogP contribution in [0.3, 0.4) is 0 Å². The maximum atomic E-state index is 9.32. The van der Waals surface area contributed by atoms with Crippen LogP contribution in [0.25, 0.3) is 0 Å². The number of aromatic nitrogens is 3. The smallest absolute Gasteiger partial charge is 0.323 e. The summed E-state index contributed by atoms with van der Waals surface area (Å²) in [5.41, 5.74) is -1.31. The highest BCUT2D eigenvalue weighted by Crippen LogP contribution is 2.16. The van der Waals surface area contributed by atoms with E-state index < -0.39 is 25.4 Å². The first-order valence-electron chi connectivity index (χ1n) is 6.86. The predicted molar refractivity (Wildman–Crippen MR) is 77.4 cm³/mol. The van der Waals surface area contributed by atoms with Crippen molar-refractivity contribution in [3.8, 4) is 6.01 Å². The fraction of sp³-hybridized carbons (Fsp3) is 0.750. The number of hydrogen-bond acceptors (Lipinski definition) is 9. The lowest BCUT2D eigenvalue weighted by molar-refractivity contribution is 0.0827. The molecule has 0 fully saturated rings. The molecule has 9 nitrogen and oxygen atoms in total. The van der Waals surface area contributed by atoms with Gasteiger partial charge in [0.15, 0.2) is 0 Å². The third-order valence-electron chi connectivity index (χ3n) is 2.71. The molecule has 0 atom stereocenters. The Bertz CT molecular complexity index is 420. The molecular weight excluding hydrogens is 278 g/mol. The molecule has 0 aliphatic carbocycles. The summed E-state index contributed by atoms with van der Waals surface area (Å²) < 4.78 is 5.25. The largest absolute Gasteiger partial charge is 0.464 e. The van der Waals surface area contributed by atoms with Crippen molar-refractivity contribution >= 4 is 11.9 Å². The second kappa shape index (κ2) is 8.55. The van der Waals surface area contributed by atoms with Gasteiger partial charge in [0, 0.05) is 6.54 Å². The minimum atomic E-state index is -1.31. The van der Waals surface area contributed by atoms with Crippen LogP contribution in [0.1, 0.15) is 20.3 Å². The fourth-order valence-corrected chi connectivity index (χ4v) is 1.43. The summed E-state index contributed by atoms with van der Waals surface area (Å²) in [4.78, 5) is 12.2. The number of anilines is 2. The van der Waals surface area contributed by atoms with E-state index in [9.17, 15) is 15.3 Å². The number of aliphatic hydroxyl groups is 3. The van der Waals surface area contributed by atoms with Crippen LogP contribution in [-0.4, -0.2) is 68.8 Å². The second-order valence-electron chi connectivity index (χ2n) is 4.50.